The van der Waals surface area contributed by atoms with Gasteiger partial charge in [0.2, 0.25) is 0 Å². The summed E-state index contributed by atoms with van der Waals surface area (Å²) in [5.41, 5.74) is 2.18. The normalized spacial score (nSPS) is 15.8. The molecular formula is C18H23NO5S. The van der Waals surface area contributed by atoms with Crippen LogP contribution in [-0.2, 0) is 31.9 Å². The van der Waals surface area contributed by atoms with E-state index in [-0.39, 0.29) is 0 Å². The number of methoxy groups -OCH3 is 1. The Hall–Kier alpha value is -2.15. The van der Waals surface area contributed by atoms with Crippen LogP contribution in [0.4, 0.5) is 5.00 Å². The summed E-state index contributed by atoms with van der Waals surface area (Å²) in [6.07, 6.45) is 4.00. The van der Waals surface area contributed by atoms with Crippen LogP contribution in [0.5, 0.6) is 0 Å². The van der Waals surface area contributed by atoms with Crippen LogP contribution in [0.3, 0.4) is 0 Å². The molecule has 0 saturated carbocycles. The molecule has 1 aliphatic carbocycles. The highest BCUT2D eigenvalue weighted by Crippen LogP contribution is 2.39. The van der Waals surface area contributed by atoms with Gasteiger partial charge in [-0.2, -0.15) is 0 Å². The standard InChI is InChI=1S/C18H23NO5S/c1-10(2)7-15(21)24-9-14(20)19-17-16(18(22)23-4)12-6-5-11(3)8-13(12)25-17/h7,11H,5-6,8-9H2,1-4H3,(H,19,20)/t11-/m1/s1. The van der Waals surface area contributed by atoms with Crippen molar-refractivity contribution in [2.24, 2.45) is 5.92 Å². The molecule has 1 amide bonds. The summed E-state index contributed by atoms with van der Waals surface area (Å²) in [5.74, 6) is -0.955. The maximum atomic E-state index is 12.2. The molecule has 0 aliphatic heterocycles. The summed E-state index contributed by atoms with van der Waals surface area (Å²) in [4.78, 5) is 36.8. The predicted molar refractivity (Wildman–Crippen MR) is 95.9 cm³/mol. The first-order valence-corrected chi connectivity index (χ1v) is 8.97. The number of rotatable bonds is 5. The minimum atomic E-state index is -0.567. The molecule has 0 unspecified atom stereocenters. The average Bonchev–Trinajstić information content (AvgIpc) is 2.88. The molecule has 7 heteroatoms. The molecule has 25 heavy (non-hydrogen) atoms. The lowest BCUT2D eigenvalue weighted by molar-refractivity contribution is -0.142. The van der Waals surface area contributed by atoms with Crippen LogP contribution >= 0.6 is 11.3 Å². The highest BCUT2D eigenvalue weighted by Gasteiger charge is 2.28. The Morgan fingerprint density at radius 1 is 1.32 bits per heavy atom. The molecular weight excluding hydrogens is 342 g/mol. The number of carbonyl (C=O) groups is 3. The average molecular weight is 365 g/mol. The quantitative estimate of drug-likeness (QED) is 0.640. The van der Waals surface area contributed by atoms with Gasteiger partial charge in [-0.05, 0) is 44.6 Å². The highest BCUT2D eigenvalue weighted by molar-refractivity contribution is 7.17. The third-order valence-corrected chi connectivity index (χ3v) is 5.08. The number of fused-ring (bicyclic) bond motifs is 1. The highest BCUT2D eigenvalue weighted by atomic mass is 32.1. The molecule has 0 aromatic carbocycles. The Morgan fingerprint density at radius 3 is 2.68 bits per heavy atom. The monoisotopic (exact) mass is 365 g/mol. The molecule has 1 atom stereocenters. The van der Waals surface area contributed by atoms with Crippen molar-refractivity contribution in [1.82, 2.24) is 0 Å². The second-order valence-corrected chi connectivity index (χ2v) is 7.53. The number of hydrogen-bond donors (Lipinski definition) is 1. The SMILES string of the molecule is COC(=O)c1c(NC(=O)COC(=O)C=C(C)C)sc2c1CC[C@@H](C)C2. The van der Waals surface area contributed by atoms with Crippen molar-refractivity contribution in [3.05, 3.63) is 27.7 Å². The summed E-state index contributed by atoms with van der Waals surface area (Å²) in [5, 5.41) is 3.15. The number of thiophene rings is 1. The lowest BCUT2D eigenvalue weighted by atomic mass is 9.88. The maximum Gasteiger partial charge on any atom is 0.341 e. The molecule has 0 bridgehead atoms. The van der Waals surface area contributed by atoms with Crippen molar-refractivity contribution in [3.8, 4) is 0 Å². The first-order chi connectivity index (χ1) is 11.8. The van der Waals surface area contributed by atoms with Gasteiger partial charge in [0.15, 0.2) is 6.61 Å². The van der Waals surface area contributed by atoms with Gasteiger partial charge in [-0.25, -0.2) is 9.59 Å². The van der Waals surface area contributed by atoms with E-state index in [0.29, 0.717) is 16.5 Å². The number of hydrogen-bond acceptors (Lipinski definition) is 6. The number of nitrogens with one attached hydrogen (secondary N) is 1. The van der Waals surface area contributed by atoms with E-state index in [4.69, 9.17) is 9.47 Å². The Labute approximate surface area is 151 Å². The van der Waals surface area contributed by atoms with Crippen LogP contribution in [0, 0.1) is 5.92 Å². The van der Waals surface area contributed by atoms with E-state index < -0.39 is 24.5 Å². The van der Waals surface area contributed by atoms with E-state index >= 15 is 0 Å². The van der Waals surface area contributed by atoms with Crippen LogP contribution in [0.1, 0.15) is 48.0 Å². The minimum absolute atomic E-state index is 0.401. The first-order valence-electron chi connectivity index (χ1n) is 8.16. The molecule has 0 saturated heterocycles. The van der Waals surface area contributed by atoms with Crippen molar-refractivity contribution in [3.63, 3.8) is 0 Å². The third-order valence-electron chi connectivity index (χ3n) is 3.91. The van der Waals surface area contributed by atoms with Gasteiger partial charge in [0.1, 0.15) is 5.00 Å². The molecule has 0 radical (unpaired) electrons. The van der Waals surface area contributed by atoms with E-state index in [0.717, 1.165) is 35.3 Å². The number of esters is 2. The summed E-state index contributed by atoms with van der Waals surface area (Å²) in [7, 11) is 1.32. The van der Waals surface area contributed by atoms with E-state index in [2.05, 4.69) is 12.2 Å². The van der Waals surface area contributed by atoms with E-state index in [9.17, 15) is 14.4 Å². The van der Waals surface area contributed by atoms with Crippen molar-refractivity contribution < 1.29 is 23.9 Å². The lowest BCUT2D eigenvalue weighted by Gasteiger charge is -2.18. The van der Waals surface area contributed by atoms with Crippen molar-refractivity contribution >= 4 is 34.2 Å². The fourth-order valence-corrected chi connectivity index (χ4v) is 4.15. The van der Waals surface area contributed by atoms with E-state index in [1.165, 1.54) is 24.5 Å². The zero-order valence-electron chi connectivity index (χ0n) is 14.9. The topological polar surface area (TPSA) is 81.7 Å². The fourth-order valence-electron chi connectivity index (χ4n) is 2.73. The zero-order valence-corrected chi connectivity index (χ0v) is 15.7. The summed E-state index contributed by atoms with van der Waals surface area (Å²) in [6.45, 7) is 5.30. The predicted octanol–water partition coefficient (Wildman–Crippen LogP) is 3.11. The van der Waals surface area contributed by atoms with Crippen molar-refractivity contribution in [1.29, 1.82) is 0 Å². The number of allylic oxidation sites excluding steroid dienone is 1. The van der Waals surface area contributed by atoms with Gasteiger partial charge in [-0.15, -0.1) is 11.3 Å². The summed E-state index contributed by atoms with van der Waals surface area (Å²) >= 11 is 1.40. The second kappa shape index (κ2) is 8.29. The smallest absolute Gasteiger partial charge is 0.341 e. The van der Waals surface area contributed by atoms with E-state index in [1.54, 1.807) is 13.8 Å². The maximum absolute atomic E-state index is 12.2. The summed E-state index contributed by atoms with van der Waals surface area (Å²) in [6, 6.07) is 0. The molecule has 1 aromatic heterocycles. The molecule has 0 spiro atoms. The fraction of sp³-hybridized carbons (Fsp3) is 0.500. The van der Waals surface area contributed by atoms with Crippen molar-refractivity contribution in [2.75, 3.05) is 19.0 Å². The molecule has 1 N–H and O–H groups in total. The van der Waals surface area contributed by atoms with Gasteiger partial charge in [0.05, 0.1) is 12.7 Å². The number of amides is 1. The van der Waals surface area contributed by atoms with Gasteiger partial charge in [-0.3, -0.25) is 4.79 Å². The Morgan fingerprint density at radius 2 is 2.04 bits per heavy atom. The molecule has 1 heterocycles. The largest absolute Gasteiger partial charge is 0.465 e. The second-order valence-electron chi connectivity index (χ2n) is 6.43. The molecule has 2 rings (SSSR count). The van der Waals surface area contributed by atoms with Gasteiger partial charge < -0.3 is 14.8 Å². The summed E-state index contributed by atoms with van der Waals surface area (Å²) < 4.78 is 9.77. The lowest BCUT2D eigenvalue weighted by Crippen LogP contribution is -2.21. The van der Waals surface area contributed by atoms with Crippen LogP contribution < -0.4 is 5.32 Å². The van der Waals surface area contributed by atoms with Gasteiger partial charge >= 0.3 is 11.9 Å². The molecule has 6 nitrogen and oxygen atoms in total. The first kappa shape index (κ1) is 19.2. The Balaban J connectivity index is 2.13. The minimum Gasteiger partial charge on any atom is -0.465 e. The molecule has 0 fully saturated rings. The van der Waals surface area contributed by atoms with Crippen LogP contribution in [-0.4, -0.2) is 31.6 Å². The van der Waals surface area contributed by atoms with Gasteiger partial charge in [0.25, 0.3) is 5.91 Å². The van der Waals surface area contributed by atoms with E-state index in [1.807, 2.05) is 0 Å². The molecule has 136 valence electrons. The van der Waals surface area contributed by atoms with Crippen LogP contribution in [0.15, 0.2) is 11.6 Å². The molecule has 1 aromatic rings. The third kappa shape index (κ3) is 4.92. The molecule has 1 aliphatic rings. The van der Waals surface area contributed by atoms with Crippen molar-refractivity contribution in [2.45, 2.75) is 40.0 Å². The number of ether oxygens (including phenoxy) is 2. The zero-order chi connectivity index (χ0) is 18.6. The number of carbonyl (C=O) groups excluding carboxylic acids is 3. The van der Waals surface area contributed by atoms with Crippen LogP contribution in [0.25, 0.3) is 0 Å². The van der Waals surface area contributed by atoms with Gasteiger partial charge in [0, 0.05) is 11.0 Å². The van der Waals surface area contributed by atoms with Crippen LogP contribution in [0.2, 0.25) is 0 Å². The number of anilines is 1. The van der Waals surface area contributed by atoms with Gasteiger partial charge in [-0.1, -0.05) is 12.5 Å². The Kier molecular flexibility index (Phi) is 6.36. The Bertz CT molecular complexity index is 715.